The van der Waals surface area contributed by atoms with Crippen LogP contribution in [-0.2, 0) is 10.2 Å². The zero-order valence-corrected chi connectivity index (χ0v) is 13.4. The molecule has 4 heteroatoms. The molecule has 1 aliphatic rings. The molecule has 0 radical (unpaired) electrons. The maximum absolute atomic E-state index is 10.2. The minimum absolute atomic E-state index is 0.0503. The highest BCUT2D eigenvalue weighted by molar-refractivity contribution is 5.44. The number of ether oxygens (including phenoxy) is 3. The molecule has 0 bridgehead atoms. The van der Waals surface area contributed by atoms with Crippen LogP contribution in [-0.4, -0.2) is 38.1 Å². The van der Waals surface area contributed by atoms with E-state index in [9.17, 15) is 5.11 Å². The fourth-order valence-corrected chi connectivity index (χ4v) is 2.52. The van der Waals surface area contributed by atoms with Crippen molar-refractivity contribution < 1.29 is 19.3 Å². The molecule has 1 aromatic carbocycles. The van der Waals surface area contributed by atoms with Crippen LogP contribution >= 0.6 is 0 Å². The molecule has 21 heavy (non-hydrogen) atoms. The van der Waals surface area contributed by atoms with Gasteiger partial charge in [-0.1, -0.05) is 20.8 Å². The summed E-state index contributed by atoms with van der Waals surface area (Å²) in [7, 11) is 1.66. The number of methoxy groups -OCH3 is 1. The third-order valence-electron chi connectivity index (χ3n) is 3.91. The molecule has 0 spiro atoms. The maximum Gasteiger partial charge on any atom is 0.123 e. The number of aliphatic hydroxyl groups excluding tert-OH is 1. The van der Waals surface area contributed by atoms with Crippen LogP contribution in [0.1, 0.15) is 32.8 Å². The summed E-state index contributed by atoms with van der Waals surface area (Å²) < 4.78 is 16.5. The lowest BCUT2D eigenvalue weighted by atomic mass is 9.86. The highest BCUT2D eigenvalue weighted by atomic mass is 16.5. The number of aliphatic hydroxyl groups is 1. The molecule has 1 N–H and O–H groups in total. The van der Waals surface area contributed by atoms with Crippen molar-refractivity contribution in [3.8, 4) is 11.5 Å². The van der Waals surface area contributed by atoms with Gasteiger partial charge in [0.15, 0.2) is 0 Å². The second-order valence-corrected chi connectivity index (χ2v) is 6.61. The molecule has 2 atom stereocenters. The molecule has 1 aliphatic heterocycles. The molecule has 1 heterocycles. The summed E-state index contributed by atoms with van der Waals surface area (Å²) in [6.45, 7) is 8.06. The van der Waals surface area contributed by atoms with Gasteiger partial charge < -0.3 is 19.3 Å². The Kier molecular flexibility index (Phi) is 5.12. The molecule has 2 rings (SSSR count). The number of benzene rings is 1. The van der Waals surface area contributed by atoms with E-state index in [4.69, 9.17) is 14.2 Å². The molecular formula is C17H26O4. The Morgan fingerprint density at radius 1 is 1.38 bits per heavy atom. The first-order valence-corrected chi connectivity index (χ1v) is 7.49. The van der Waals surface area contributed by atoms with Gasteiger partial charge in [-0.15, -0.1) is 0 Å². The molecule has 118 valence electrons. The molecular weight excluding hydrogens is 268 g/mol. The van der Waals surface area contributed by atoms with Gasteiger partial charge in [-0.2, -0.15) is 0 Å². The van der Waals surface area contributed by atoms with Gasteiger partial charge in [-0.05, 0) is 30.0 Å². The van der Waals surface area contributed by atoms with Gasteiger partial charge in [-0.25, -0.2) is 0 Å². The van der Waals surface area contributed by atoms with Crippen molar-refractivity contribution in [1.29, 1.82) is 0 Å². The minimum atomic E-state index is -0.484. The normalized spacial score (nSPS) is 20.3. The Hall–Kier alpha value is -1.26. The zero-order valence-electron chi connectivity index (χ0n) is 13.4. The van der Waals surface area contributed by atoms with E-state index in [1.165, 1.54) is 0 Å². The van der Waals surface area contributed by atoms with Crippen LogP contribution in [0.15, 0.2) is 18.2 Å². The molecule has 0 amide bonds. The van der Waals surface area contributed by atoms with E-state index in [0.717, 1.165) is 30.1 Å². The van der Waals surface area contributed by atoms with E-state index in [1.54, 1.807) is 7.11 Å². The van der Waals surface area contributed by atoms with Crippen molar-refractivity contribution in [2.45, 2.75) is 38.7 Å². The molecule has 0 aliphatic carbocycles. The fraction of sp³-hybridized carbons (Fsp3) is 0.647. The summed E-state index contributed by atoms with van der Waals surface area (Å²) in [4.78, 5) is 0. The van der Waals surface area contributed by atoms with Gasteiger partial charge in [-0.3, -0.25) is 0 Å². The van der Waals surface area contributed by atoms with Crippen molar-refractivity contribution >= 4 is 0 Å². The quantitative estimate of drug-likeness (QED) is 0.907. The first-order valence-electron chi connectivity index (χ1n) is 7.49. The van der Waals surface area contributed by atoms with E-state index < -0.39 is 6.10 Å². The van der Waals surface area contributed by atoms with Gasteiger partial charge >= 0.3 is 0 Å². The van der Waals surface area contributed by atoms with Crippen molar-refractivity contribution in [3.05, 3.63) is 23.8 Å². The van der Waals surface area contributed by atoms with Crippen LogP contribution in [0.25, 0.3) is 0 Å². The Morgan fingerprint density at radius 2 is 2.14 bits per heavy atom. The molecule has 4 nitrogen and oxygen atoms in total. The van der Waals surface area contributed by atoms with Gasteiger partial charge in [0.2, 0.25) is 0 Å². The summed E-state index contributed by atoms with van der Waals surface area (Å²) in [5, 5.41) is 10.2. The lowest BCUT2D eigenvalue weighted by Gasteiger charge is -2.25. The Labute approximate surface area is 127 Å². The van der Waals surface area contributed by atoms with E-state index in [2.05, 4.69) is 20.8 Å². The summed E-state index contributed by atoms with van der Waals surface area (Å²) >= 11 is 0. The summed E-state index contributed by atoms with van der Waals surface area (Å²) in [6, 6.07) is 5.80. The summed E-state index contributed by atoms with van der Waals surface area (Å²) in [5.41, 5.74) is 1.03. The maximum atomic E-state index is 10.2. The third kappa shape index (κ3) is 4.11. The summed E-state index contributed by atoms with van der Waals surface area (Å²) in [6.07, 6.45) is 0.418. The Morgan fingerprint density at radius 3 is 2.71 bits per heavy atom. The highest BCUT2D eigenvalue weighted by Crippen LogP contribution is 2.34. The van der Waals surface area contributed by atoms with E-state index in [1.807, 2.05) is 18.2 Å². The summed E-state index contributed by atoms with van der Waals surface area (Å²) in [5.74, 6) is 1.81. The fourth-order valence-electron chi connectivity index (χ4n) is 2.52. The van der Waals surface area contributed by atoms with Gasteiger partial charge in [0.05, 0.1) is 19.8 Å². The largest absolute Gasteiger partial charge is 0.497 e. The predicted octanol–water partition coefficient (Wildman–Crippen LogP) is 2.77. The van der Waals surface area contributed by atoms with Gasteiger partial charge in [0.1, 0.15) is 18.1 Å². The predicted molar refractivity (Wildman–Crippen MR) is 82.1 cm³/mol. The smallest absolute Gasteiger partial charge is 0.123 e. The van der Waals surface area contributed by atoms with Crippen LogP contribution in [0.4, 0.5) is 0 Å². The molecule has 1 aromatic rings. The number of hydrogen-bond acceptors (Lipinski definition) is 4. The first-order chi connectivity index (χ1) is 9.91. The average Bonchev–Trinajstić information content (AvgIpc) is 2.97. The van der Waals surface area contributed by atoms with Crippen molar-refractivity contribution in [2.75, 3.05) is 26.9 Å². The molecule has 0 aromatic heterocycles. The van der Waals surface area contributed by atoms with E-state index in [-0.39, 0.29) is 11.3 Å². The standard InChI is InChI=1S/C17H26O4/c1-17(2,3)14-9-13(19-4)5-6-16(14)21-11-15(18)12-7-8-20-10-12/h5-6,9,12,15,18H,7-8,10-11H2,1-4H3. The Balaban J connectivity index is 2.08. The molecule has 1 fully saturated rings. The highest BCUT2D eigenvalue weighted by Gasteiger charge is 2.26. The van der Waals surface area contributed by atoms with Crippen LogP contribution < -0.4 is 9.47 Å². The topological polar surface area (TPSA) is 47.9 Å². The lowest BCUT2D eigenvalue weighted by Crippen LogP contribution is -2.28. The van der Waals surface area contributed by atoms with Crippen LogP contribution in [0, 0.1) is 5.92 Å². The van der Waals surface area contributed by atoms with Crippen LogP contribution in [0.2, 0.25) is 0 Å². The van der Waals surface area contributed by atoms with E-state index in [0.29, 0.717) is 13.2 Å². The SMILES string of the molecule is COc1ccc(OCC(O)C2CCOC2)c(C(C)(C)C)c1. The van der Waals surface area contributed by atoms with Crippen molar-refractivity contribution in [2.24, 2.45) is 5.92 Å². The second-order valence-electron chi connectivity index (χ2n) is 6.61. The van der Waals surface area contributed by atoms with Crippen LogP contribution in [0.3, 0.4) is 0 Å². The number of hydrogen-bond donors (Lipinski definition) is 1. The van der Waals surface area contributed by atoms with Crippen molar-refractivity contribution in [3.63, 3.8) is 0 Å². The van der Waals surface area contributed by atoms with Crippen LogP contribution in [0.5, 0.6) is 11.5 Å². The van der Waals surface area contributed by atoms with E-state index >= 15 is 0 Å². The monoisotopic (exact) mass is 294 g/mol. The van der Waals surface area contributed by atoms with Gasteiger partial charge in [0.25, 0.3) is 0 Å². The second kappa shape index (κ2) is 6.67. The first kappa shape index (κ1) is 16.1. The molecule has 0 saturated carbocycles. The average molecular weight is 294 g/mol. The zero-order chi connectivity index (χ0) is 15.5. The number of rotatable bonds is 5. The lowest BCUT2D eigenvalue weighted by molar-refractivity contribution is 0.0493. The Bertz CT molecular complexity index is 458. The third-order valence-corrected chi connectivity index (χ3v) is 3.91. The van der Waals surface area contributed by atoms with Gasteiger partial charge in [0, 0.05) is 18.1 Å². The molecule has 1 saturated heterocycles. The molecule has 2 unspecified atom stereocenters. The van der Waals surface area contributed by atoms with Crippen molar-refractivity contribution in [1.82, 2.24) is 0 Å². The minimum Gasteiger partial charge on any atom is -0.497 e.